The van der Waals surface area contributed by atoms with Crippen LogP contribution in [0.4, 0.5) is 0 Å². The van der Waals surface area contributed by atoms with Gasteiger partial charge in [0, 0.05) is 32.0 Å². The summed E-state index contributed by atoms with van der Waals surface area (Å²) in [6.45, 7) is 3.08. The average Bonchev–Trinajstić information content (AvgIpc) is 3.45. The van der Waals surface area contributed by atoms with Crippen LogP contribution in [0.3, 0.4) is 0 Å². The minimum atomic E-state index is 0.195. The van der Waals surface area contributed by atoms with Crippen molar-refractivity contribution in [1.82, 2.24) is 15.0 Å². The molecule has 0 aromatic carbocycles. The fourth-order valence-electron chi connectivity index (χ4n) is 4.72. The van der Waals surface area contributed by atoms with Gasteiger partial charge in [-0.1, -0.05) is 30.8 Å². The van der Waals surface area contributed by atoms with Crippen molar-refractivity contribution in [2.24, 2.45) is 11.8 Å². The van der Waals surface area contributed by atoms with Crippen LogP contribution < -0.4 is 0 Å². The topological polar surface area (TPSA) is 68.5 Å². The number of hydrogen-bond donors (Lipinski definition) is 0. The molecule has 1 unspecified atom stereocenters. The third-order valence-electron chi connectivity index (χ3n) is 6.34. The van der Waals surface area contributed by atoms with Crippen molar-refractivity contribution in [2.45, 2.75) is 70.1 Å². The van der Waals surface area contributed by atoms with Crippen molar-refractivity contribution in [3.8, 4) is 0 Å². The second-order valence-corrected chi connectivity index (χ2v) is 8.28. The number of aromatic nitrogens is 2. The van der Waals surface area contributed by atoms with Crippen molar-refractivity contribution in [2.75, 3.05) is 26.3 Å². The summed E-state index contributed by atoms with van der Waals surface area (Å²) in [4.78, 5) is 19.1. The minimum Gasteiger partial charge on any atom is -0.381 e. The van der Waals surface area contributed by atoms with Gasteiger partial charge in [0.25, 0.3) is 0 Å². The van der Waals surface area contributed by atoms with Gasteiger partial charge >= 0.3 is 0 Å². The maximum atomic E-state index is 12.6. The Bertz CT molecular complexity index is 591. The van der Waals surface area contributed by atoms with E-state index in [1.54, 1.807) is 0 Å². The average molecular weight is 361 g/mol. The highest BCUT2D eigenvalue weighted by Gasteiger charge is 2.34. The van der Waals surface area contributed by atoms with Gasteiger partial charge in [-0.15, -0.1) is 0 Å². The molecule has 2 saturated carbocycles. The van der Waals surface area contributed by atoms with Crippen LogP contribution in [-0.2, 0) is 16.0 Å². The number of nitrogens with zero attached hydrogens (tertiary/aromatic N) is 3. The van der Waals surface area contributed by atoms with Crippen LogP contribution in [0.15, 0.2) is 4.52 Å². The number of hydrogen-bond acceptors (Lipinski definition) is 5. The Morgan fingerprint density at radius 1 is 1.12 bits per heavy atom. The molecule has 3 fully saturated rings. The Hall–Kier alpha value is -1.43. The van der Waals surface area contributed by atoms with Crippen molar-refractivity contribution in [1.29, 1.82) is 0 Å². The zero-order chi connectivity index (χ0) is 17.8. The Balaban J connectivity index is 1.21. The third kappa shape index (κ3) is 4.27. The van der Waals surface area contributed by atoms with Crippen molar-refractivity contribution < 1.29 is 14.1 Å². The summed E-state index contributed by atoms with van der Waals surface area (Å²) in [5.41, 5.74) is 0. The lowest BCUT2D eigenvalue weighted by molar-refractivity contribution is -0.134. The molecular weight excluding hydrogens is 330 g/mol. The van der Waals surface area contributed by atoms with E-state index >= 15 is 0 Å². The fraction of sp³-hybridized carbons (Fsp3) is 0.850. The molecular formula is C20H31N3O3. The van der Waals surface area contributed by atoms with Crippen LogP contribution in [0.5, 0.6) is 0 Å². The van der Waals surface area contributed by atoms with E-state index in [9.17, 15) is 4.79 Å². The molecule has 0 spiro atoms. The van der Waals surface area contributed by atoms with Gasteiger partial charge in [0.05, 0.1) is 12.5 Å². The highest BCUT2D eigenvalue weighted by Crippen LogP contribution is 2.31. The Morgan fingerprint density at radius 2 is 1.88 bits per heavy atom. The third-order valence-corrected chi connectivity index (χ3v) is 6.34. The van der Waals surface area contributed by atoms with Gasteiger partial charge in [-0.25, -0.2) is 0 Å². The van der Waals surface area contributed by atoms with Crippen LogP contribution in [0.2, 0.25) is 0 Å². The number of carbonyl (C=O) groups excluding carboxylic acids is 1. The first-order chi connectivity index (χ1) is 12.8. The lowest BCUT2D eigenvalue weighted by atomic mass is 10.1. The molecule has 0 radical (unpaired) electrons. The molecule has 1 aliphatic heterocycles. The second-order valence-electron chi connectivity index (χ2n) is 8.28. The molecule has 1 aromatic heterocycles. The summed E-state index contributed by atoms with van der Waals surface area (Å²) in [7, 11) is 0. The molecule has 6 nitrogen and oxygen atoms in total. The first-order valence-corrected chi connectivity index (χ1v) is 10.5. The van der Waals surface area contributed by atoms with Crippen LogP contribution in [0, 0.1) is 11.8 Å². The maximum absolute atomic E-state index is 12.6. The zero-order valence-electron chi connectivity index (χ0n) is 15.7. The number of ether oxygens (including phenoxy) is 1. The zero-order valence-corrected chi connectivity index (χ0v) is 15.7. The molecule has 144 valence electrons. The van der Waals surface area contributed by atoms with E-state index in [2.05, 4.69) is 10.1 Å². The molecule has 2 heterocycles. The Labute approximate surface area is 155 Å². The first kappa shape index (κ1) is 18.0. The van der Waals surface area contributed by atoms with Gasteiger partial charge in [-0.3, -0.25) is 4.79 Å². The SMILES string of the molecule is O=C(C1CCCC1)N1CCC(c2nc(CCOCC3CCCC3)no2)C1. The molecule has 1 atom stereocenters. The number of likely N-dealkylation sites (tertiary alicyclic amines) is 1. The van der Waals surface area contributed by atoms with E-state index in [4.69, 9.17) is 9.26 Å². The van der Waals surface area contributed by atoms with E-state index in [1.807, 2.05) is 4.90 Å². The lowest BCUT2D eigenvalue weighted by Gasteiger charge is -2.19. The van der Waals surface area contributed by atoms with Gasteiger partial charge in [-0.2, -0.15) is 4.98 Å². The first-order valence-electron chi connectivity index (χ1n) is 10.5. The quantitative estimate of drug-likeness (QED) is 0.697. The van der Waals surface area contributed by atoms with Crippen LogP contribution in [-0.4, -0.2) is 47.3 Å². The highest BCUT2D eigenvalue weighted by molar-refractivity contribution is 5.79. The molecule has 1 aromatic rings. The molecule has 6 heteroatoms. The summed E-state index contributed by atoms with van der Waals surface area (Å²) in [6, 6.07) is 0. The van der Waals surface area contributed by atoms with Gasteiger partial charge in [0.2, 0.25) is 11.8 Å². The Kier molecular flexibility index (Phi) is 5.88. The summed E-state index contributed by atoms with van der Waals surface area (Å²) in [6.07, 6.45) is 11.5. The predicted octanol–water partition coefficient (Wildman–Crippen LogP) is 3.33. The largest absolute Gasteiger partial charge is 0.381 e. The van der Waals surface area contributed by atoms with Gasteiger partial charge in [0.15, 0.2) is 5.82 Å². The van der Waals surface area contributed by atoms with E-state index in [-0.39, 0.29) is 11.8 Å². The Morgan fingerprint density at radius 3 is 2.69 bits per heavy atom. The fourth-order valence-corrected chi connectivity index (χ4v) is 4.72. The van der Waals surface area contributed by atoms with E-state index in [0.29, 0.717) is 24.8 Å². The van der Waals surface area contributed by atoms with E-state index in [1.165, 1.54) is 38.5 Å². The number of rotatable bonds is 7. The number of carbonyl (C=O) groups is 1. The molecule has 26 heavy (non-hydrogen) atoms. The monoisotopic (exact) mass is 361 g/mol. The van der Waals surface area contributed by atoms with E-state index < -0.39 is 0 Å². The molecule has 1 saturated heterocycles. The van der Waals surface area contributed by atoms with Crippen LogP contribution in [0.25, 0.3) is 0 Å². The number of amides is 1. The van der Waals surface area contributed by atoms with Gasteiger partial charge in [-0.05, 0) is 38.0 Å². The second kappa shape index (κ2) is 8.51. The molecule has 4 rings (SSSR count). The van der Waals surface area contributed by atoms with E-state index in [0.717, 1.165) is 50.7 Å². The maximum Gasteiger partial charge on any atom is 0.231 e. The predicted molar refractivity (Wildman–Crippen MR) is 96.7 cm³/mol. The van der Waals surface area contributed by atoms with Crippen molar-refractivity contribution in [3.05, 3.63) is 11.7 Å². The smallest absolute Gasteiger partial charge is 0.231 e. The summed E-state index contributed by atoms with van der Waals surface area (Å²) in [5, 5.41) is 4.11. The molecule has 2 aliphatic carbocycles. The molecule has 3 aliphatic rings. The highest BCUT2D eigenvalue weighted by atomic mass is 16.5. The minimum absolute atomic E-state index is 0.195. The summed E-state index contributed by atoms with van der Waals surface area (Å²) < 4.78 is 11.3. The molecule has 1 amide bonds. The summed E-state index contributed by atoms with van der Waals surface area (Å²) in [5.74, 6) is 2.96. The normalized spacial score (nSPS) is 24.8. The van der Waals surface area contributed by atoms with Crippen molar-refractivity contribution >= 4 is 5.91 Å². The van der Waals surface area contributed by atoms with Crippen LogP contribution >= 0.6 is 0 Å². The van der Waals surface area contributed by atoms with Crippen molar-refractivity contribution in [3.63, 3.8) is 0 Å². The van der Waals surface area contributed by atoms with Crippen LogP contribution in [0.1, 0.15) is 75.4 Å². The standard InChI is InChI=1S/C20H31N3O3/c24-20(16-7-3-4-8-16)23-11-9-17(13-23)19-21-18(22-26-19)10-12-25-14-15-5-1-2-6-15/h15-17H,1-14H2. The van der Waals surface area contributed by atoms with Gasteiger partial charge < -0.3 is 14.2 Å². The molecule has 0 N–H and O–H groups in total. The molecule has 0 bridgehead atoms. The lowest BCUT2D eigenvalue weighted by Crippen LogP contribution is -2.33. The van der Waals surface area contributed by atoms with Gasteiger partial charge in [0.1, 0.15) is 0 Å². The summed E-state index contributed by atoms with van der Waals surface area (Å²) >= 11 is 0.